The maximum atomic E-state index is 13.7. The second kappa shape index (κ2) is 8.47. The number of hydrogen-bond acceptors (Lipinski definition) is 4. The number of thiophene rings is 1. The number of hydrogen-bond donors (Lipinski definition) is 1. The molecule has 0 spiro atoms. The summed E-state index contributed by atoms with van der Waals surface area (Å²) in [6.07, 6.45) is 0.371. The molecule has 0 radical (unpaired) electrons. The van der Waals surface area contributed by atoms with Crippen LogP contribution in [0, 0.1) is 20.8 Å². The Morgan fingerprint density at radius 1 is 1.06 bits per heavy atom. The second-order valence-corrected chi connectivity index (χ2v) is 8.76. The van der Waals surface area contributed by atoms with Crippen molar-refractivity contribution < 1.29 is 9.90 Å². The number of aryl methyl sites for hydroxylation is 3. The van der Waals surface area contributed by atoms with Crippen LogP contribution in [-0.4, -0.2) is 20.6 Å². The van der Waals surface area contributed by atoms with E-state index in [9.17, 15) is 9.59 Å². The third-order valence-corrected chi connectivity index (χ3v) is 6.29. The van der Waals surface area contributed by atoms with Gasteiger partial charge in [0, 0.05) is 29.5 Å². The van der Waals surface area contributed by atoms with Crippen molar-refractivity contribution in [1.82, 2.24) is 9.55 Å². The summed E-state index contributed by atoms with van der Waals surface area (Å²) in [5.41, 5.74) is 6.00. The normalized spacial score (nSPS) is 11.2. The molecule has 0 bridgehead atoms. The van der Waals surface area contributed by atoms with Gasteiger partial charge < -0.3 is 5.11 Å². The van der Waals surface area contributed by atoms with Crippen LogP contribution in [0.5, 0.6) is 0 Å². The summed E-state index contributed by atoms with van der Waals surface area (Å²) in [6, 6.07) is 14.1. The Labute approximate surface area is 184 Å². The minimum Gasteiger partial charge on any atom is -0.481 e. The number of carboxylic acid groups (broad SMARTS) is 1. The van der Waals surface area contributed by atoms with Gasteiger partial charge in [-0.25, -0.2) is 4.98 Å². The first-order valence-electron chi connectivity index (χ1n) is 10.2. The number of fused-ring (bicyclic) bond motifs is 1. The van der Waals surface area contributed by atoms with Crippen LogP contribution < -0.4 is 5.56 Å². The molecule has 0 saturated heterocycles. The highest BCUT2D eigenvalue weighted by Crippen LogP contribution is 2.34. The fourth-order valence-electron chi connectivity index (χ4n) is 3.94. The van der Waals surface area contributed by atoms with E-state index in [2.05, 4.69) is 12.1 Å². The Bertz CT molecular complexity index is 1350. The lowest BCUT2D eigenvalue weighted by Gasteiger charge is -2.14. The first-order chi connectivity index (χ1) is 14.8. The quantitative estimate of drug-likeness (QED) is 0.432. The highest BCUT2D eigenvalue weighted by Gasteiger charge is 2.19. The van der Waals surface area contributed by atoms with Crippen LogP contribution in [0.4, 0.5) is 0 Å². The molecule has 0 aliphatic heterocycles. The lowest BCUT2D eigenvalue weighted by molar-refractivity contribution is -0.137. The van der Waals surface area contributed by atoms with Crippen molar-refractivity contribution in [1.29, 1.82) is 0 Å². The van der Waals surface area contributed by atoms with Crippen molar-refractivity contribution in [3.63, 3.8) is 0 Å². The van der Waals surface area contributed by atoms with Crippen LogP contribution in [0.1, 0.15) is 29.5 Å². The number of aromatic nitrogens is 2. The zero-order chi connectivity index (χ0) is 22.1. The summed E-state index contributed by atoms with van der Waals surface area (Å²) < 4.78 is 1.64. The summed E-state index contributed by atoms with van der Waals surface area (Å²) in [4.78, 5) is 30.3. The first kappa shape index (κ1) is 21.0. The van der Waals surface area contributed by atoms with Crippen LogP contribution >= 0.6 is 11.3 Å². The predicted octanol–water partition coefficient (Wildman–Crippen LogP) is 5.58. The molecule has 0 saturated carbocycles. The number of carbonyl (C=O) groups is 1. The predicted molar refractivity (Wildman–Crippen MR) is 126 cm³/mol. The van der Waals surface area contributed by atoms with E-state index < -0.39 is 5.97 Å². The Balaban J connectivity index is 1.94. The smallest absolute Gasteiger partial charge is 0.303 e. The maximum absolute atomic E-state index is 13.7. The standard InChI is InChI=1S/C25H24N2O3S/c1-15-6-4-7-18(13-15)23-26-24-22(25(30)27(23)11-5-8-21(28)29)20(14-31-24)19-10-9-16(2)12-17(19)3/h4,6-7,9-10,12-14H,5,8,11H2,1-3H3,(H,28,29). The Morgan fingerprint density at radius 2 is 1.84 bits per heavy atom. The minimum atomic E-state index is -0.870. The van der Waals surface area contributed by atoms with Crippen molar-refractivity contribution in [2.75, 3.05) is 0 Å². The molecule has 0 unspecified atom stereocenters. The van der Waals surface area contributed by atoms with Crippen molar-refractivity contribution in [2.24, 2.45) is 0 Å². The van der Waals surface area contributed by atoms with Gasteiger partial charge >= 0.3 is 5.97 Å². The average Bonchev–Trinajstić information content (AvgIpc) is 3.13. The Hall–Kier alpha value is -3.25. The zero-order valence-electron chi connectivity index (χ0n) is 17.8. The van der Waals surface area contributed by atoms with Gasteiger partial charge in [0.25, 0.3) is 5.56 Å². The Morgan fingerprint density at radius 3 is 2.55 bits per heavy atom. The minimum absolute atomic E-state index is 0.00526. The average molecular weight is 433 g/mol. The van der Waals surface area contributed by atoms with Gasteiger partial charge in [-0.2, -0.15) is 0 Å². The van der Waals surface area contributed by atoms with E-state index in [-0.39, 0.29) is 12.0 Å². The molecule has 4 aromatic rings. The Kier molecular flexibility index (Phi) is 5.74. The largest absolute Gasteiger partial charge is 0.481 e. The van der Waals surface area contributed by atoms with Gasteiger partial charge in [-0.05, 0) is 44.4 Å². The van der Waals surface area contributed by atoms with E-state index in [1.54, 1.807) is 4.57 Å². The summed E-state index contributed by atoms with van der Waals surface area (Å²) >= 11 is 1.47. The molecule has 2 aromatic carbocycles. The molecule has 158 valence electrons. The van der Waals surface area contributed by atoms with Gasteiger partial charge in [-0.15, -0.1) is 11.3 Å². The lowest BCUT2D eigenvalue weighted by atomic mass is 9.99. The lowest BCUT2D eigenvalue weighted by Crippen LogP contribution is -2.24. The number of rotatable bonds is 6. The van der Waals surface area contributed by atoms with E-state index in [0.29, 0.717) is 29.0 Å². The molecule has 0 amide bonds. The second-order valence-electron chi connectivity index (χ2n) is 7.91. The topological polar surface area (TPSA) is 72.2 Å². The number of benzene rings is 2. The number of aliphatic carboxylic acids is 1. The molecule has 6 heteroatoms. The van der Waals surface area contributed by atoms with Crippen LogP contribution in [0.25, 0.3) is 32.7 Å². The summed E-state index contributed by atoms with van der Waals surface area (Å²) in [5.74, 6) is -0.286. The number of nitrogens with zero attached hydrogens (tertiary/aromatic N) is 2. The molecule has 4 rings (SSSR count). The van der Waals surface area contributed by atoms with Crippen LogP contribution in [0.2, 0.25) is 0 Å². The fraction of sp³-hybridized carbons (Fsp3) is 0.240. The maximum Gasteiger partial charge on any atom is 0.303 e. The molecule has 0 atom stereocenters. The summed E-state index contributed by atoms with van der Waals surface area (Å²) in [5, 5.41) is 11.7. The van der Waals surface area contributed by atoms with E-state index >= 15 is 0 Å². The van der Waals surface area contributed by atoms with Crippen molar-refractivity contribution in [3.8, 4) is 22.5 Å². The van der Waals surface area contributed by atoms with E-state index in [1.807, 2.05) is 56.5 Å². The van der Waals surface area contributed by atoms with Crippen LogP contribution in [-0.2, 0) is 11.3 Å². The SMILES string of the molecule is Cc1cccc(-c2nc3scc(-c4ccc(C)cc4C)c3c(=O)n2CCCC(=O)O)c1. The zero-order valence-corrected chi connectivity index (χ0v) is 18.6. The van der Waals surface area contributed by atoms with Crippen molar-refractivity contribution in [3.05, 3.63) is 74.9 Å². The van der Waals surface area contributed by atoms with Gasteiger partial charge in [0.1, 0.15) is 10.7 Å². The molecular formula is C25H24N2O3S. The monoisotopic (exact) mass is 432 g/mol. The van der Waals surface area contributed by atoms with Gasteiger partial charge in [0.2, 0.25) is 0 Å². The fourth-order valence-corrected chi connectivity index (χ4v) is 4.87. The molecule has 5 nitrogen and oxygen atoms in total. The van der Waals surface area contributed by atoms with E-state index in [4.69, 9.17) is 10.1 Å². The van der Waals surface area contributed by atoms with Crippen LogP contribution in [0.3, 0.4) is 0 Å². The highest BCUT2D eigenvalue weighted by atomic mass is 32.1. The molecule has 0 aliphatic rings. The van der Waals surface area contributed by atoms with Gasteiger partial charge in [0.15, 0.2) is 0 Å². The molecule has 2 aromatic heterocycles. The van der Waals surface area contributed by atoms with Gasteiger partial charge in [-0.3, -0.25) is 14.2 Å². The number of carboxylic acids is 1. The summed E-state index contributed by atoms with van der Waals surface area (Å²) in [6.45, 7) is 6.40. The molecule has 1 N–H and O–H groups in total. The van der Waals surface area contributed by atoms with Crippen molar-refractivity contribution in [2.45, 2.75) is 40.2 Å². The van der Waals surface area contributed by atoms with E-state index in [1.165, 1.54) is 16.9 Å². The van der Waals surface area contributed by atoms with Crippen LogP contribution in [0.15, 0.2) is 52.6 Å². The van der Waals surface area contributed by atoms with Crippen molar-refractivity contribution >= 4 is 27.5 Å². The van der Waals surface area contributed by atoms with E-state index in [0.717, 1.165) is 27.8 Å². The molecular weight excluding hydrogens is 408 g/mol. The molecule has 31 heavy (non-hydrogen) atoms. The molecule has 0 fully saturated rings. The molecule has 2 heterocycles. The highest BCUT2D eigenvalue weighted by molar-refractivity contribution is 7.17. The summed E-state index contributed by atoms with van der Waals surface area (Å²) in [7, 11) is 0. The van der Waals surface area contributed by atoms with Gasteiger partial charge in [-0.1, -0.05) is 47.5 Å². The first-order valence-corrected chi connectivity index (χ1v) is 11.1. The van der Waals surface area contributed by atoms with Gasteiger partial charge in [0.05, 0.1) is 5.39 Å². The third-order valence-electron chi connectivity index (χ3n) is 5.41. The third kappa shape index (κ3) is 4.16. The molecule has 0 aliphatic carbocycles.